The SMILES string of the molecule is CC(=O)Nc1cccc(C(C)NC(=O)C(C)C2CNC2)c1. The fourth-order valence-corrected chi connectivity index (χ4v) is 2.40. The molecule has 1 saturated heterocycles. The van der Waals surface area contributed by atoms with Gasteiger partial charge in [0.1, 0.15) is 0 Å². The van der Waals surface area contributed by atoms with Crippen molar-refractivity contribution < 1.29 is 9.59 Å². The molecule has 3 N–H and O–H groups in total. The molecule has 1 aromatic rings. The Morgan fingerprint density at radius 1 is 1.29 bits per heavy atom. The predicted molar refractivity (Wildman–Crippen MR) is 82.8 cm³/mol. The van der Waals surface area contributed by atoms with Gasteiger partial charge in [0.05, 0.1) is 6.04 Å². The van der Waals surface area contributed by atoms with Crippen LogP contribution in [0.4, 0.5) is 5.69 Å². The molecule has 0 aliphatic carbocycles. The molecular formula is C16H23N3O2. The van der Waals surface area contributed by atoms with Gasteiger partial charge in [-0.15, -0.1) is 0 Å². The number of anilines is 1. The van der Waals surface area contributed by atoms with E-state index in [0.29, 0.717) is 5.92 Å². The average molecular weight is 289 g/mol. The lowest BCUT2D eigenvalue weighted by Gasteiger charge is -2.32. The maximum Gasteiger partial charge on any atom is 0.223 e. The van der Waals surface area contributed by atoms with Crippen molar-refractivity contribution in [3.63, 3.8) is 0 Å². The lowest BCUT2D eigenvalue weighted by molar-refractivity contribution is -0.127. The van der Waals surface area contributed by atoms with Gasteiger partial charge in [-0.1, -0.05) is 19.1 Å². The van der Waals surface area contributed by atoms with Gasteiger partial charge >= 0.3 is 0 Å². The molecule has 1 heterocycles. The van der Waals surface area contributed by atoms with Crippen LogP contribution in [0.1, 0.15) is 32.4 Å². The fraction of sp³-hybridized carbons (Fsp3) is 0.500. The highest BCUT2D eigenvalue weighted by atomic mass is 16.2. The summed E-state index contributed by atoms with van der Waals surface area (Å²) >= 11 is 0. The van der Waals surface area contributed by atoms with Crippen molar-refractivity contribution in [2.75, 3.05) is 18.4 Å². The summed E-state index contributed by atoms with van der Waals surface area (Å²) in [5.41, 5.74) is 1.73. The number of amides is 2. The first-order chi connectivity index (χ1) is 9.97. The van der Waals surface area contributed by atoms with Crippen LogP contribution in [0, 0.1) is 11.8 Å². The molecule has 0 saturated carbocycles. The molecule has 0 spiro atoms. The smallest absolute Gasteiger partial charge is 0.223 e. The lowest BCUT2D eigenvalue weighted by atomic mass is 9.88. The second kappa shape index (κ2) is 6.72. The van der Waals surface area contributed by atoms with Crippen LogP contribution in [0.2, 0.25) is 0 Å². The number of rotatable bonds is 5. The number of hydrogen-bond acceptors (Lipinski definition) is 3. The molecule has 114 valence electrons. The molecule has 1 aliphatic rings. The van der Waals surface area contributed by atoms with Crippen molar-refractivity contribution in [2.24, 2.45) is 11.8 Å². The molecule has 2 amide bonds. The number of hydrogen-bond donors (Lipinski definition) is 3. The molecule has 5 heteroatoms. The summed E-state index contributed by atoms with van der Waals surface area (Å²) in [6.07, 6.45) is 0. The minimum Gasteiger partial charge on any atom is -0.349 e. The Morgan fingerprint density at radius 2 is 2.00 bits per heavy atom. The van der Waals surface area contributed by atoms with Gasteiger partial charge in [0, 0.05) is 18.5 Å². The molecule has 1 aromatic carbocycles. The van der Waals surface area contributed by atoms with Crippen molar-refractivity contribution in [3.8, 4) is 0 Å². The van der Waals surface area contributed by atoms with E-state index in [2.05, 4.69) is 16.0 Å². The Kier molecular flexibility index (Phi) is 4.96. The van der Waals surface area contributed by atoms with Gasteiger partial charge in [-0.25, -0.2) is 0 Å². The van der Waals surface area contributed by atoms with Gasteiger partial charge in [0.2, 0.25) is 11.8 Å². The van der Waals surface area contributed by atoms with E-state index >= 15 is 0 Å². The Hall–Kier alpha value is -1.88. The molecule has 5 nitrogen and oxygen atoms in total. The standard InChI is InChI=1S/C16H23N3O2/c1-10(14-8-17-9-14)16(21)18-11(2)13-5-4-6-15(7-13)19-12(3)20/h4-7,10-11,14,17H,8-9H2,1-3H3,(H,18,21)(H,19,20). The van der Waals surface area contributed by atoms with Crippen LogP contribution >= 0.6 is 0 Å². The first-order valence-electron chi connectivity index (χ1n) is 7.36. The molecule has 1 fully saturated rings. The van der Waals surface area contributed by atoms with Crippen molar-refractivity contribution >= 4 is 17.5 Å². The third-order valence-electron chi connectivity index (χ3n) is 4.00. The molecule has 21 heavy (non-hydrogen) atoms. The van der Waals surface area contributed by atoms with Gasteiger partial charge in [-0.05, 0) is 43.6 Å². The van der Waals surface area contributed by atoms with Crippen LogP contribution in [0.5, 0.6) is 0 Å². The van der Waals surface area contributed by atoms with Crippen LogP contribution < -0.4 is 16.0 Å². The third kappa shape index (κ3) is 4.04. The Labute approximate surface area is 125 Å². The van der Waals surface area contributed by atoms with E-state index in [1.165, 1.54) is 6.92 Å². The summed E-state index contributed by atoms with van der Waals surface area (Å²) in [6, 6.07) is 7.47. The Bertz CT molecular complexity index is 526. The minimum atomic E-state index is -0.102. The van der Waals surface area contributed by atoms with Crippen LogP contribution in [0.3, 0.4) is 0 Å². The maximum absolute atomic E-state index is 12.2. The van der Waals surface area contributed by atoms with Crippen molar-refractivity contribution in [1.29, 1.82) is 0 Å². The zero-order chi connectivity index (χ0) is 15.4. The number of carbonyl (C=O) groups excluding carboxylic acids is 2. The fourth-order valence-electron chi connectivity index (χ4n) is 2.40. The first kappa shape index (κ1) is 15.5. The van der Waals surface area contributed by atoms with E-state index in [0.717, 1.165) is 24.3 Å². The van der Waals surface area contributed by atoms with Crippen molar-refractivity contribution in [1.82, 2.24) is 10.6 Å². The Balaban J connectivity index is 1.97. The summed E-state index contributed by atoms with van der Waals surface area (Å²) in [7, 11) is 0. The summed E-state index contributed by atoms with van der Waals surface area (Å²) in [6.45, 7) is 7.24. The van der Waals surface area contributed by atoms with E-state index in [-0.39, 0.29) is 23.8 Å². The zero-order valence-electron chi connectivity index (χ0n) is 12.8. The molecule has 2 unspecified atom stereocenters. The Morgan fingerprint density at radius 3 is 2.57 bits per heavy atom. The molecule has 2 rings (SSSR count). The summed E-state index contributed by atoms with van der Waals surface area (Å²) in [5, 5.41) is 8.99. The number of nitrogens with one attached hydrogen (secondary N) is 3. The van der Waals surface area contributed by atoms with Crippen LogP contribution in [0.25, 0.3) is 0 Å². The van der Waals surface area contributed by atoms with E-state index in [9.17, 15) is 9.59 Å². The largest absolute Gasteiger partial charge is 0.349 e. The van der Waals surface area contributed by atoms with Crippen molar-refractivity contribution in [3.05, 3.63) is 29.8 Å². The predicted octanol–water partition coefficient (Wildman–Crippen LogP) is 1.68. The van der Waals surface area contributed by atoms with E-state index < -0.39 is 0 Å². The van der Waals surface area contributed by atoms with Crippen LogP contribution in [0.15, 0.2) is 24.3 Å². The normalized spacial score (nSPS) is 17.5. The molecule has 0 aromatic heterocycles. The third-order valence-corrected chi connectivity index (χ3v) is 4.00. The first-order valence-corrected chi connectivity index (χ1v) is 7.36. The molecule has 2 atom stereocenters. The summed E-state index contributed by atoms with van der Waals surface area (Å²) < 4.78 is 0. The van der Waals surface area contributed by atoms with Crippen LogP contribution in [-0.2, 0) is 9.59 Å². The maximum atomic E-state index is 12.2. The van der Waals surface area contributed by atoms with Gasteiger partial charge in [-0.2, -0.15) is 0 Å². The second-order valence-corrected chi connectivity index (χ2v) is 5.74. The number of carbonyl (C=O) groups is 2. The quantitative estimate of drug-likeness (QED) is 0.772. The highest BCUT2D eigenvalue weighted by molar-refractivity contribution is 5.88. The van der Waals surface area contributed by atoms with E-state index in [4.69, 9.17) is 0 Å². The van der Waals surface area contributed by atoms with Gasteiger partial charge < -0.3 is 16.0 Å². The highest BCUT2D eigenvalue weighted by Crippen LogP contribution is 2.20. The molecular weight excluding hydrogens is 266 g/mol. The zero-order valence-corrected chi connectivity index (χ0v) is 12.8. The summed E-state index contributed by atoms with van der Waals surface area (Å²) in [5.74, 6) is 0.434. The van der Waals surface area contributed by atoms with Gasteiger partial charge in [0.15, 0.2) is 0 Å². The molecule has 0 bridgehead atoms. The van der Waals surface area contributed by atoms with Gasteiger partial charge in [0.25, 0.3) is 0 Å². The monoisotopic (exact) mass is 289 g/mol. The summed E-state index contributed by atoms with van der Waals surface area (Å²) in [4.78, 5) is 23.3. The molecule has 1 aliphatic heterocycles. The topological polar surface area (TPSA) is 70.2 Å². The minimum absolute atomic E-state index is 0.0206. The van der Waals surface area contributed by atoms with Gasteiger partial charge in [-0.3, -0.25) is 9.59 Å². The number of benzene rings is 1. The van der Waals surface area contributed by atoms with E-state index in [1.54, 1.807) is 0 Å². The van der Waals surface area contributed by atoms with E-state index in [1.807, 2.05) is 38.1 Å². The van der Waals surface area contributed by atoms with Crippen LogP contribution in [-0.4, -0.2) is 24.9 Å². The van der Waals surface area contributed by atoms with Crippen molar-refractivity contribution in [2.45, 2.75) is 26.8 Å². The average Bonchev–Trinajstić information content (AvgIpc) is 2.36. The highest BCUT2D eigenvalue weighted by Gasteiger charge is 2.29. The molecule has 0 radical (unpaired) electrons. The second-order valence-electron chi connectivity index (χ2n) is 5.74. The lowest BCUT2D eigenvalue weighted by Crippen LogP contribution is -2.49.